The molecule has 0 bridgehead atoms. The minimum absolute atomic E-state index is 0.131. The second-order valence-corrected chi connectivity index (χ2v) is 4.59. The van der Waals surface area contributed by atoms with Gasteiger partial charge in [0.15, 0.2) is 0 Å². The molecule has 106 valence electrons. The van der Waals surface area contributed by atoms with Crippen molar-refractivity contribution in [3.8, 4) is 5.69 Å². The Bertz CT molecular complexity index is 756. The number of nitrogens with zero attached hydrogens (tertiary/aromatic N) is 2. The molecule has 0 fully saturated rings. The van der Waals surface area contributed by atoms with Gasteiger partial charge in [0, 0.05) is 11.8 Å². The normalized spacial score (nSPS) is 12.3. The first kappa shape index (κ1) is 13.5. The van der Waals surface area contributed by atoms with Crippen LogP contribution in [-0.2, 0) is 0 Å². The average Bonchev–Trinajstić information content (AvgIpc) is 3.00. The molecule has 2 aromatic carbocycles. The summed E-state index contributed by atoms with van der Waals surface area (Å²) in [6.07, 6.45) is 0.344. The van der Waals surface area contributed by atoms with Gasteiger partial charge in [-0.05, 0) is 36.4 Å². The third-order valence-electron chi connectivity index (χ3n) is 3.16. The predicted octanol–water partition coefficient (Wildman–Crippen LogP) is 3.23. The minimum Gasteiger partial charge on any atom is -0.382 e. The van der Waals surface area contributed by atoms with Crippen LogP contribution >= 0.6 is 0 Å². The lowest BCUT2D eigenvalue weighted by Crippen LogP contribution is -2.05. The third-order valence-corrected chi connectivity index (χ3v) is 3.16. The van der Waals surface area contributed by atoms with E-state index in [1.165, 1.54) is 0 Å². The Morgan fingerprint density at radius 3 is 2.52 bits per heavy atom. The minimum atomic E-state index is -1.31. The van der Waals surface area contributed by atoms with E-state index >= 15 is 0 Å². The van der Waals surface area contributed by atoms with E-state index in [-0.39, 0.29) is 11.3 Å². The van der Waals surface area contributed by atoms with Gasteiger partial charge in [0.1, 0.15) is 17.7 Å². The van der Waals surface area contributed by atoms with Gasteiger partial charge in [-0.2, -0.15) is 5.10 Å². The van der Waals surface area contributed by atoms with Gasteiger partial charge in [-0.3, -0.25) is 0 Å². The fourth-order valence-corrected chi connectivity index (χ4v) is 2.09. The monoisotopic (exact) mass is 286 g/mol. The van der Waals surface area contributed by atoms with E-state index in [1.807, 2.05) is 30.3 Å². The van der Waals surface area contributed by atoms with E-state index in [4.69, 9.17) is 0 Å². The zero-order valence-corrected chi connectivity index (χ0v) is 10.9. The highest BCUT2D eigenvalue weighted by molar-refractivity contribution is 5.32. The van der Waals surface area contributed by atoms with Gasteiger partial charge >= 0.3 is 0 Å². The largest absolute Gasteiger partial charge is 0.382 e. The summed E-state index contributed by atoms with van der Waals surface area (Å²) in [5, 5.41) is 14.4. The Hall–Kier alpha value is -2.53. The van der Waals surface area contributed by atoms with Gasteiger partial charge in [-0.1, -0.05) is 18.2 Å². The van der Waals surface area contributed by atoms with Crippen LogP contribution in [0.15, 0.2) is 60.8 Å². The zero-order valence-electron chi connectivity index (χ0n) is 10.9. The van der Waals surface area contributed by atoms with Crippen LogP contribution in [0.4, 0.5) is 8.78 Å². The highest BCUT2D eigenvalue weighted by Gasteiger charge is 2.18. The summed E-state index contributed by atoms with van der Waals surface area (Å²) in [6, 6.07) is 13.8. The number of para-hydroxylation sites is 1. The number of hydrogen-bond acceptors (Lipinski definition) is 2. The third kappa shape index (κ3) is 2.68. The summed E-state index contributed by atoms with van der Waals surface area (Å²) in [7, 11) is 0. The number of aliphatic hydroxyl groups excluding tert-OH is 1. The van der Waals surface area contributed by atoms with Gasteiger partial charge in [-0.15, -0.1) is 0 Å². The van der Waals surface area contributed by atoms with E-state index in [2.05, 4.69) is 5.10 Å². The summed E-state index contributed by atoms with van der Waals surface area (Å²) < 4.78 is 28.4. The smallest absolute Gasteiger partial charge is 0.129 e. The van der Waals surface area contributed by atoms with Crippen LogP contribution in [0.5, 0.6) is 0 Å². The van der Waals surface area contributed by atoms with Crippen molar-refractivity contribution in [2.75, 3.05) is 0 Å². The second kappa shape index (κ2) is 5.46. The molecule has 0 aliphatic carbocycles. The molecule has 0 aliphatic rings. The van der Waals surface area contributed by atoms with E-state index in [0.717, 1.165) is 23.9 Å². The Kier molecular flexibility index (Phi) is 3.50. The van der Waals surface area contributed by atoms with Crippen LogP contribution in [0, 0.1) is 11.6 Å². The lowest BCUT2D eigenvalue weighted by molar-refractivity contribution is 0.209. The summed E-state index contributed by atoms with van der Waals surface area (Å²) in [6.45, 7) is 0. The van der Waals surface area contributed by atoms with Crippen molar-refractivity contribution in [1.29, 1.82) is 0 Å². The van der Waals surface area contributed by atoms with Crippen molar-refractivity contribution in [3.63, 3.8) is 0 Å². The van der Waals surface area contributed by atoms with E-state index in [1.54, 1.807) is 16.9 Å². The molecule has 3 rings (SSSR count). The molecule has 0 spiro atoms. The number of rotatable bonds is 3. The molecule has 1 aromatic heterocycles. The number of aliphatic hydroxyl groups is 1. The summed E-state index contributed by atoms with van der Waals surface area (Å²) in [5.41, 5.74) is 0.937. The molecule has 5 heteroatoms. The Morgan fingerprint density at radius 2 is 1.76 bits per heavy atom. The molecule has 0 amide bonds. The molecule has 1 N–H and O–H groups in total. The first-order valence-corrected chi connectivity index (χ1v) is 6.39. The van der Waals surface area contributed by atoms with Crippen LogP contribution in [0.2, 0.25) is 0 Å². The number of hydrogen-bond donors (Lipinski definition) is 1. The maximum absolute atomic E-state index is 13.7. The molecule has 1 atom stereocenters. The number of aromatic nitrogens is 2. The first-order valence-electron chi connectivity index (χ1n) is 6.39. The Balaban J connectivity index is 1.94. The molecule has 0 radical (unpaired) electrons. The lowest BCUT2D eigenvalue weighted by Gasteiger charge is -2.09. The predicted molar refractivity (Wildman–Crippen MR) is 74.0 cm³/mol. The van der Waals surface area contributed by atoms with Gasteiger partial charge in [0.2, 0.25) is 0 Å². The molecule has 1 heterocycles. The molecular formula is C16H12F2N2O. The van der Waals surface area contributed by atoms with Crippen LogP contribution in [-0.4, -0.2) is 14.9 Å². The van der Waals surface area contributed by atoms with Crippen LogP contribution in [0.3, 0.4) is 0 Å². The quantitative estimate of drug-likeness (QED) is 0.802. The zero-order chi connectivity index (χ0) is 14.8. The Morgan fingerprint density at radius 1 is 1.00 bits per heavy atom. The molecule has 1 unspecified atom stereocenters. The number of benzene rings is 2. The van der Waals surface area contributed by atoms with Crippen molar-refractivity contribution in [2.45, 2.75) is 6.10 Å². The van der Waals surface area contributed by atoms with Crippen LogP contribution < -0.4 is 0 Å². The molecule has 0 saturated heterocycles. The molecule has 3 aromatic rings. The highest BCUT2D eigenvalue weighted by atomic mass is 19.1. The fraction of sp³-hybridized carbons (Fsp3) is 0.0625. The maximum atomic E-state index is 13.7. The molecule has 0 saturated carbocycles. The summed E-state index contributed by atoms with van der Waals surface area (Å²) in [4.78, 5) is 0. The summed E-state index contributed by atoms with van der Waals surface area (Å²) in [5.74, 6) is -1.27. The Labute approximate surface area is 120 Å². The molecule has 3 nitrogen and oxygen atoms in total. The second-order valence-electron chi connectivity index (χ2n) is 4.59. The van der Waals surface area contributed by atoms with Crippen LogP contribution in [0.25, 0.3) is 5.69 Å². The number of halogens is 2. The maximum Gasteiger partial charge on any atom is 0.129 e. The molecular weight excluding hydrogens is 274 g/mol. The van der Waals surface area contributed by atoms with Gasteiger partial charge in [0.05, 0.1) is 11.4 Å². The van der Waals surface area contributed by atoms with Gasteiger partial charge in [-0.25, -0.2) is 13.5 Å². The van der Waals surface area contributed by atoms with E-state index < -0.39 is 17.7 Å². The molecule has 21 heavy (non-hydrogen) atoms. The van der Waals surface area contributed by atoms with Crippen molar-refractivity contribution < 1.29 is 13.9 Å². The van der Waals surface area contributed by atoms with Crippen molar-refractivity contribution >= 4 is 0 Å². The van der Waals surface area contributed by atoms with Crippen molar-refractivity contribution in [1.82, 2.24) is 9.78 Å². The lowest BCUT2D eigenvalue weighted by atomic mass is 10.1. The van der Waals surface area contributed by atoms with Crippen LogP contribution in [0.1, 0.15) is 17.4 Å². The van der Waals surface area contributed by atoms with Gasteiger partial charge < -0.3 is 5.11 Å². The molecule has 0 aliphatic heterocycles. The van der Waals surface area contributed by atoms with Crippen molar-refractivity contribution in [2.24, 2.45) is 0 Å². The first-order chi connectivity index (χ1) is 10.1. The van der Waals surface area contributed by atoms with Gasteiger partial charge in [0.25, 0.3) is 0 Å². The van der Waals surface area contributed by atoms with E-state index in [9.17, 15) is 13.9 Å². The van der Waals surface area contributed by atoms with E-state index in [0.29, 0.717) is 0 Å². The standard InChI is InChI=1S/C16H12F2N2O/c17-11-6-7-14(18)13(10-11)16(21)15-8-9-20(19-15)12-4-2-1-3-5-12/h1-10,16,21H. The summed E-state index contributed by atoms with van der Waals surface area (Å²) >= 11 is 0. The SMILES string of the molecule is OC(c1ccn(-c2ccccc2)n1)c1cc(F)ccc1F. The van der Waals surface area contributed by atoms with Crippen molar-refractivity contribution in [3.05, 3.63) is 83.7 Å². The topological polar surface area (TPSA) is 38.0 Å². The average molecular weight is 286 g/mol. The highest BCUT2D eigenvalue weighted by Crippen LogP contribution is 2.24. The fourth-order valence-electron chi connectivity index (χ4n) is 2.09.